The van der Waals surface area contributed by atoms with Crippen LogP contribution in [-0.2, 0) is 10.9 Å². The van der Waals surface area contributed by atoms with Crippen molar-refractivity contribution in [1.82, 2.24) is 5.32 Å². The van der Waals surface area contributed by atoms with E-state index < -0.39 is 64.1 Å². The Hall–Kier alpha value is -1.80. The van der Waals surface area contributed by atoms with Crippen LogP contribution < -0.4 is 5.32 Å². The van der Waals surface area contributed by atoms with Gasteiger partial charge in [-0.3, -0.25) is 4.79 Å². The van der Waals surface area contributed by atoms with Gasteiger partial charge >= 0.3 is 18.5 Å². The topological polar surface area (TPSA) is 38.3 Å². The molecule has 1 aliphatic heterocycles. The van der Waals surface area contributed by atoms with E-state index in [2.05, 4.69) is 5.32 Å². The van der Waals surface area contributed by atoms with Crippen LogP contribution in [0.3, 0.4) is 0 Å². The predicted molar refractivity (Wildman–Crippen MR) is 135 cm³/mol. The first-order chi connectivity index (χ1) is 18.3. The SMILES string of the molecule is O=C(NCC1(SCC(F)(F)F)COC1)c1ccc(/C=C/C(c2cc(Cl)c(Cl)c(Cl)c2)C(F)(F)F)cc1C(F)(F)F. The highest BCUT2D eigenvalue weighted by atomic mass is 35.5. The van der Waals surface area contributed by atoms with Crippen molar-refractivity contribution in [1.29, 1.82) is 0 Å². The normalized spacial score (nSPS) is 16.6. The van der Waals surface area contributed by atoms with Crippen LogP contribution in [0.15, 0.2) is 36.4 Å². The number of hydrogen-bond donors (Lipinski definition) is 1. The first-order valence-corrected chi connectivity index (χ1v) is 13.1. The number of carbonyl (C=O) groups excluding carboxylic acids is 1. The standard InChI is InChI=1S/C24H17Cl3F9NO2S/c25-17-6-13(7-18(26)19(17)27)15(23(31,32)33)4-2-12-1-3-14(16(5-12)24(34,35)36)20(38)37-8-21(9-39-10-21)40-11-22(28,29)30/h1-7,15H,8-11H2,(H,37,38)/b4-2+. The lowest BCUT2D eigenvalue weighted by Crippen LogP contribution is -2.55. The van der Waals surface area contributed by atoms with Gasteiger partial charge in [-0.25, -0.2) is 0 Å². The van der Waals surface area contributed by atoms with E-state index in [1.165, 1.54) is 0 Å². The molecule has 1 atom stereocenters. The van der Waals surface area contributed by atoms with Gasteiger partial charge in [-0.05, 0) is 35.4 Å². The van der Waals surface area contributed by atoms with Gasteiger partial charge in [0.05, 0.1) is 55.8 Å². The second kappa shape index (κ2) is 12.2. The zero-order valence-corrected chi connectivity index (χ0v) is 22.8. The minimum atomic E-state index is -5.08. The summed E-state index contributed by atoms with van der Waals surface area (Å²) in [5.74, 6) is -4.78. The summed E-state index contributed by atoms with van der Waals surface area (Å²) in [5.41, 5.74) is -3.03. The van der Waals surface area contributed by atoms with E-state index in [0.29, 0.717) is 23.9 Å². The third-order valence-electron chi connectivity index (χ3n) is 5.64. The van der Waals surface area contributed by atoms with E-state index in [9.17, 15) is 44.3 Å². The molecule has 0 spiro atoms. The molecule has 0 radical (unpaired) electrons. The Labute approximate surface area is 241 Å². The molecule has 3 rings (SSSR count). The number of rotatable bonds is 8. The lowest BCUT2D eigenvalue weighted by atomic mass is 9.96. The first-order valence-electron chi connectivity index (χ1n) is 11.0. The molecule has 2 aromatic rings. The van der Waals surface area contributed by atoms with Crippen molar-refractivity contribution < 1.29 is 49.0 Å². The fourth-order valence-corrected chi connectivity index (χ4v) is 5.20. The van der Waals surface area contributed by atoms with Gasteiger partial charge in [-0.1, -0.05) is 53.0 Å². The molecule has 2 aromatic carbocycles. The number of ether oxygens (including phenoxy) is 1. The number of thioether (sulfide) groups is 1. The van der Waals surface area contributed by atoms with Gasteiger partial charge in [0.1, 0.15) is 0 Å². The van der Waals surface area contributed by atoms with E-state index in [0.717, 1.165) is 30.3 Å². The van der Waals surface area contributed by atoms with Crippen LogP contribution in [0.5, 0.6) is 0 Å². The molecular formula is C24H17Cl3F9NO2S. The number of alkyl halides is 9. The second-order valence-electron chi connectivity index (χ2n) is 8.74. The average Bonchev–Trinajstić information content (AvgIpc) is 2.79. The number of benzene rings is 2. The molecule has 1 fully saturated rings. The summed E-state index contributed by atoms with van der Waals surface area (Å²) in [4.78, 5) is 12.6. The minimum absolute atomic E-state index is 0.145. The van der Waals surface area contributed by atoms with Gasteiger partial charge in [0.25, 0.3) is 5.91 Å². The van der Waals surface area contributed by atoms with Crippen molar-refractivity contribution in [3.8, 4) is 0 Å². The Morgan fingerprint density at radius 1 is 1.00 bits per heavy atom. The molecule has 0 bridgehead atoms. The number of amides is 1. The molecule has 1 unspecified atom stereocenters. The summed E-state index contributed by atoms with van der Waals surface area (Å²) < 4.78 is 124. The van der Waals surface area contributed by atoms with E-state index in [1.807, 2.05) is 0 Å². The van der Waals surface area contributed by atoms with Crippen molar-refractivity contribution in [2.45, 2.75) is 29.2 Å². The van der Waals surface area contributed by atoms with Gasteiger partial charge in [0.2, 0.25) is 0 Å². The molecule has 1 aliphatic rings. The zero-order valence-electron chi connectivity index (χ0n) is 19.7. The molecule has 40 heavy (non-hydrogen) atoms. The van der Waals surface area contributed by atoms with Gasteiger partial charge in [0, 0.05) is 6.54 Å². The van der Waals surface area contributed by atoms with Crippen LogP contribution in [0.1, 0.15) is 33.0 Å². The van der Waals surface area contributed by atoms with Crippen LogP contribution >= 0.6 is 46.6 Å². The maximum Gasteiger partial charge on any atom is 0.417 e. The van der Waals surface area contributed by atoms with Crippen molar-refractivity contribution in [2.75, 3.05) is 25.5 Å². The van der Waals surface area contributed by atoms with Crippen LogP contribution in [0, 0.1) is 0 Å². The molecule has 0 aromatic heterocycles. The van der Waals surface area contributed by atoms with E-state index in [4.69, 9.17) is 39.5 Å². The average molecular weight is 661 g/mol. The molecule has 0 saturated carbocycles. The largest absolute Gasteiger partial charge is 0.417 e. The third kappa shape index (κ3) is 8.37. The highest BCUT2D eigenvalue weighted by Gasteiger charge is 2.44. The third-order valence-corrected chi connectivity index (χ3v) is 8.30. The molecule has 1 N–H and O–H groups in total. The van der Waals surface area contributed by atoms with E-state index in [1.54, 1.807) is 0 Å². The highest BCUT2D eigenvalue weighted by molar-refractivity contribution is 8.00. The Kier molecular flexibility index (Phi) is 9.98. The summed E-state index contributed by atoms with van der Waals surface area (Å²) in [6, 6.07) is 4.11. The van der Waals surface area contributed by atoms with E-state index >= 15 is 0 Å². The van der Waals surface area contributed by atoms with Crippen molar-refractivity contribution in [2.24, 2.45) is 0 Å². The van der Waals surface area contributed by atoms with Crippen molar-refractivity contribution in [3.05, 3.63) is 73.7 Å². The number of allylic oxidation sites excluding steroid dienone is 1. The number of carbonyl (C=O) groups is 1. The Balaban J connectivity index is 1.86. The fourth-order valence-electron chi connectivity index (χ4n) is 3.61. The highest BCUT2D eigenvalue weighted by Crippen LogP contribution is 2.42. The summed E-state index contributed by atoms with van der Waals surface area (Å²) in [6.45, 7) is -0.687. The maximum atomic E-state index is 13.8. The number of nitrogens with one attached hydrogen (secondary N) is 1. The van der Waals surface area contributed by atoms with Gasteiger partial charge < -0.3 is 10.1 Å². The van der Waals surface area contributed by atoms with Crippen LogP contribution in [0.25, 0.3) is 6.08 Å². The number of halogens is 12. The van der Waals surface area contributed by atoms with Crippen LogP contribution in [0.2, 0.25) is 15.1 Å². The van der Waals surface area contributed by atoms with Gasteiger partial charge in [-0.15, -0.1) is 11.8 Å². The van der Waals surface area contributed by atoms with Gasteiger partial charge in [0.15, 0.2) is 0 Å². The lowest BCUT2D eigenvalue weighted by Gasteiger charge is -2.41. The molecule has 1 saturated heterocycles. The molecule has 1 amide bonds. The monoisotopic (exact) mass is 659 g/mol. The quantitative estimate of drug-likeness (QED) is 0.227. The summed E-state index contributed by atoms with van der Waals surface area (Å²) >= 11 is 17.9. The van der Waals surface area contributed by atoms with Gasteiger partial charge in [-0.2, -0.15) is 39.5 Å². The summed E-state index contributed by atoms with van der Waals surface area (Å²) in [5, 5.41) is 1.52. The molecule has 220 valence electrons. The van der Waals surface area contributed by atoms with E-state index in [-0.39, 0.29) is 33.8 Å². The summed E-state index contributed by atoms with van der Waals surface area (Å²) in [7, 11) is 0. The summed E-state index contributed by atoms with van der Waals surface area (Å²) in [6.07, 6.45) is -13.1. The van der Waals surface area contributed by atoms with Crippen molar-refractivity contribution in [3.63, 3.8) is 0 Å². The van der Waals surface area contributed by atoms with Crippen LogP contribution in [0.4, 0.5) is 39.5 Å². The molecule has 3 nitrogen and oxygen atoms in total. The maximum absolute atomic E-state index is 13.8. The molecule has 0 aliphatic carbocycles. The second-order valence-corrected chi connectivity index (χ2v) is 11.4. The lowest BCUT2D eigenvalue weighted by molar-refractivity contribution is -0.139. The smallest absolute Gasteiger partial charge is 0.378 e. The fraction of sp³-hybridized carbons (Fsp3) is 0.375. The molecular weight excluding hydrogens is 644 g/mol. The first kappa shape index (κ1) is 32.7. The Bertz CT molecular complexity index is 1250. The Morgan fingerprint density at radius 2 is 1.60 bits per heavy atom. The Morgan fingerprint density at radius 3 is 2.08 bits per heavy atom. The van der Waals surface area contributed by atoms with Crippen LogP contribution in [-0.4, -0.2) is 48.5 Å². The van der Waals surface area contributed by atoms with Crippen molar-refractivity contribution >= 4 is 58.5 Å². The number of hydrogen-bond acceptors (Lipinski definition) is 3. The minimum Gasteiger partial charge on any atom is -0.378 e. The molecule has 16 heteroatoms. The molecule has 1 heterocycles. The predicted octanol–water partition coefficient (Wildman–Crippen LogP) is 8.82. The zero-order chi connectivity index (χ0) is 30.1.